The smallest absolute Gasteiger partial charge is 0.183 e. The van der Waals surface area contributed by atoms with E-state index >= 15 is 0 Å². The molecule has 2 heterocycles. The Morgan fingerprint density at radius 3 is 2.20 bits per heavy atom. The van der Waals surface area contributed by atoms with Gasteiger partial charge in [0, 0.05) is 32.6 Å². The van der Waals surface area contributed by atoms with Crippen LogP contribution in [0.2, 0.25) is 10.0 Å². The minimum atomic E-state index is 0.367. The summed E-state index contributed by atoms with van der Waals surface area (Å²) in [5.41, 5.74) is 10.8. The Balaban J connectivity index is 2.16. The number of aliphatic imine (C=N–C) groups is 1. The SMILES string of the molecule is CCC(C(C)=N)=c1[nH]nc(-c2ccccc2Cl)c1=Cc1c(N=C(C)N)n[nH]c1-c1ccccc1Cl. The molecule has 178 valence electrons. The highest BCUT2D eigenvalue weighted by molar-refractivity contribution is 6.33. The number of amidine groups is 1. The molecule has 2 aromatic heterocycles. The molecule has 2 aromatic carbocycles. The average Bonchev–Trinajstić information content (AvgIpc) is 3.39. The molecule has 7 nitrogen and oxygen atoms in total. The lowest BCUT2D eigenvalue weighted by molar-refractivity contribution is 1.05. The number of nitrogens with one attached hydrogen (secondary N) is 3. The largest absolute Gasteiger partial charge is 0.387 e. The van der Waals surface area contributed by atoms with Crippen LogP contribution in [0.3, 0.4) is 0 Å². The quantitative estimate of drug-likeness (QED) is 0.212. The number of aromatic amines is 2. The van der Waals surface area contributed by atoms with Crippen LogP contribution >= 0.6 is 23.2 Å². The summed E-state index contributed by atoms with van der Waals surface area (Å²) < 4.78 is 0. The van der Waals surface area contributed by atoms with Gasteiger partial charge < -0.3 is 11.1 Å². The predicted molar refractivity (Wildman–Crippen MR) is 145 cm³/mol. The molecule has 0 saturated heterocycles. The fraction of sp³-hybridized carbons (Fsp3) is 0.154. The summed E-state index contributed by atoms with van der Waals surface area (Å²) in [7, 11) is 0. The monoisotopic (exact) mass is 505 g/mol. The van der Waals surface area contributed by atoms with Crippen LogP contribution in [0.25, 0.3) is 34.2 Å². The topological polar surface area (TPSA) is 120 Å². The maximum absolute atomic E-state index is 8.33. The molecule has 0 fully saturated rings. The molecule has 0 spiro atoms. The van der Waals surface area contributed by atoms with E-state index in [9.17, 15) is 0 Å². The van der Waals surface area contributed by atoms with Gasteiger partial charge >= 0.3 is 0 Å². The second-order valence-electron chi connectivity index (χ2n) is 8.01. The van der Waals surface area contributed by atoms with Crippen LogP contribution in [0.15, 0.2) is 53.5 Å². The van der Waals surface area contributed by atoms with Crippen molar-refractivity contribution in [2.24, 2.45) is 10.7 Å². The van der Waals surface area contributed by atoms with E-state index < -0.39 is 0 Å². The van der Waals surface area contributed by atoms with Gasteiger partial charge in [-0.25, -0.2) is 4.99 Å². The molecule has 0 bridgehead atoms. The molecule has 0 amide bonds. The highest BCUT2D eigenvalue weighted by Gasteiger charge is 2.18. The second kappa shape index (κ2) is 10.3. The number of aromatic nitrogens is 4. The van der Waals surface area contributed by atoms with Crippen molar-refractivity contribution in [3.8, 4) is 22.5 Å². The van der Waals surface area contributed by atoms with Crippen molar-refractivity contribution in [3.63, 3.8) is 0 Å². The normalized spacial score (nSPS) is 13.3. The zero-order valence-electron chi connectivity index (χ0n) is 19.6. The summed E-state index contributed by atoms with van der Waals surface area (Å²) in [5.74, 6) is 0.786. The van der Waals surface area contributed by atoms with E-state index in [1.54, 1.807) is 13.8 Å². The van der Waals surface area contributed by atoms with E-state index in [1.807, 2.05) is 61.5 Å². The van der Waals surface area contributed by atoms with Crippen molar-refractivity contribution in [2.75, 3.05) is 0 Å². The molecule has 0 aliphatic rings. The summed E-state index contributed by atoms with van der Waals surface area (Å²) in [6.07, 6.45) is 2.59. The molecular weight excluding hydrogens is 481 g/mol. The van der Waals surface area contributed by atoms with Crippen LogP contribution < -0.4 is 16.3 Å². The average molecular weight is 506 g/mol. The van der Waals surface area contributed by atoms with Gasteiger partial charge in [-0.3, -0.25) is 10.2 Å². The predicted octanol–water partition coefficient (Wildman–Crippen LogP) is 5.21. The first-order chi connectivity index (χ1) is 16.8. The Bertz CT molecular complexity index is 1560. The number of nitrogens with two attached hydrogens (primary N) is 1. The van der Waals surface area contributed by atoms with Gasteiger partial charge in [-0.15, -0.1) is 0 Å². The van der Waals surface area contributed by atoms with Crippen molar-refractivity contribution >= 4 is 52.2 Å². The zero-order chi connectivity index (χ0) is 25.1. The van der Waals surface area contributed by atoms with Gasteiger partial charge in [0.25, 0.3) is 0 Å². The van der Waals surface area contributed by atoms with Crippen LogP contribution in [-0.2, 0) is 0 Å². The van der Waals surface area contributed by atoms with Gasteiger partial charge in [-0.05, 0) is 44.1 Å². The summed E-state index contributed by atoms with van der Waals surface area (Å²) in [4.78, 5) is 4.44. The number of hydrogen-bond donors (Lipinski definition) is 4. The standard InChI is InChI=1S/C26H25Cl2N7/c1-4-16(14(2)29)23-19(24(33-32-23)17-9-5-7-11-21(17)27)13-20-25(18-10-6-8-12-22(18)28)34-35-26(20)31-15(3)30/h5-13,29,32H,4H2,1-3H3,(H3,30,31,34,35). The summed E-state index contributed by atoms with van der Waals surface area (Å²) >= 11 is 13.1. The van der Waals surface area contributed by atoms with Crippen LogP contribution in [0.5, 0.6) is 0 Å². The maximum Gasteiger partial charge on any atom is 0.183 e. The second-order valence-corrected chi connectivity index (χ2v) is 8.83. The van der Waals surface area contributed by atoms with Crippen LogP contribution in [0, 0.1) is 5.41 Å². The third-order valence-corrected chi connectivity index (χ3v) is 6.20. The molecule has 0 saturated carbocycles. The fourth-order valence-electron chi connectivity index (χ4n) is 3.95. The maximum atomic E-state index is 8.33. The molecule has 4 rings (SSSR count). The van der Waals surface area contributed by atoms with Crippen molar-refractivity contribution in [1.82, 2.24) is 20.4 Å². The van der Waals surface area contributed by atoms with E-state index in [-0.39, 0.29) is 0 Å². The molecule has 0 radical (unpaired) electrons. The van der Waals surface area contributed by atoms with Gasteiger partial charge in [0.2, 0.25) is 0 Å². The highest BCUT2D eigenvalue weighted by atomic mass is 35.5. The van der Waals surface area contributed by atoms with E-state index in [4.69, 9.17) is 34.3 Å². The molecule has 35 heavy (non-hydrogen) atoms. The van der Waals surface area contributed by atoms with Crippen LogP contribution in [0.4, 0.5) is 5.82 Å². The zero-order valence-corrected chi connectivity index (χ0v) is 21.1. The Kier molecular flexibility index (Phi) is 7.19. The van der Waals surface area contributed by atoms with Gasteiger partial charge in [-0.2, -0.15) is 10.2 Å². The summed E-state index contributed by atoms with van der Waals surface area (Å²) in [5, 5.41) is 26.2. The minimum Gasteiger partial charge on any atom is -0.387 e. The Hall–Kier alpha value is -3.68. The summed E-state index contributed by atoms with van der Waals surface area (Å²) in [6.45, 7) is 5.47. The Labute approximate surface area is 212 Å². The highest BCUT2D eigenvalue weighted by Crippen LogP contribution is 2.34. The first-order valence-corrected chi connectivity index (χ1v) is 11.8. The van der Waals surface area contributed by atoms with Gasteiger partial charge in [0.05, 0.1) is 21.9 Å². The van der Waals surface area contributed by atoms with Crippen molar-refractivity contribution in [1.29, 1.82) is 5.41 Å². The lowest BCUT2D eigenvalue weighted by atomic mass is 10.0. The third kappa shape index (κ3) is 4.92. The first kappa shape index (κ1) is 24.4. The molecule has 0 aliphatic carbocycles. The number of benzene rings is 2. The number of nitrogens with zero attached hydrogens (tertiary/aromatic N) is 3. The fourth-order valence-corrected chi connectivity index (χ4v) is 4.41. The molecular formula is C26H25Cl2N7. The lowest BCUT2D eigenvalue weighted by Gasteiger charge is -2.05. The Morgan fingerprint density at radius 1 is 1.00 bits per heavy atom. The number of halogens is 2. The van der Waals surface area contributed by atoms with Crippen LogP contribution in [-0.4, -0.2) is 31.9 Å². The minimum absolute atomic E-state index is 0.367. The molecule has 5 N–H and O–H groups in total. The molecule has 0 atom stereocenters. The van der Waals surface area contributed by atoms with E-state index in [2.05, 4.69) is 25.4 Å². The lowest BCUT2D eigenvalue weighted by Crippen LogP contribution is -2.29. The van der Waals surface area contributed by atoms with Gasteiger partial charge in [0.1, 0.15) is 5.69 Å². The van der Waals surface area contributed by atoms with E-state index in [0.717, 1.165) is 27.3 Å². The molecule has 9 heteroatoms. The number of rotatable bonds is 6. The molecule has 0 aliphatic heterocycles. The first-order valence-electron chi connectivity index (χ1n) is 11.1. The van der Waals surface area contributed by atoms with Crippen molar-refractivity contribution in [2.45, 2.75) is 27.2 Å². The third-order valence-electron chi connectivity index (χ3n) is 5.54. The van der Waals surface area contributed by atoms with Gasteiger partial charge in [-0.1, -0.05) is 66.5 Å². The summed E-state index contributed by atoms with van der Waals surface area (Å²) in [6, 6.07) is 15.0. The molecule has 0 unspecified atom stereocenters. The number of H-pyrrole nitrogens is 2. The van der Waals surface area contributed by atoms with Crippen molar-refractivity contribution < 1.29 is 0 Å². The van der Waals surface area contributed by atoms with Crippen LogP contribution in [0.1, 0.15) is 32.8 Å². The van der Waals surface area contributed by atoms with E-state index in [1.165, 1.54) is 0 Å². The molecule has 4 aromatic rings. The Morgan fingerprint density at radius 2 is 1.63 bits per heavy atom. The number of hydrogen-bond acceptors (Lipinski definition) is 4. The van der Waals surface area contributed by atoms with Crippen molar-refractivity contribution in [3.05, 3.63) is 74.7 Å². The van der Waals surface area contributed by atoms with Gasteiger partial charge in [0.15, 0.2) is 5.82 Å². The van der Waals surface area contributed by atoms with E-state index in [0.29, 0.717) is 50.8 Å².